The van der Waals surface area contributed by atoms with E-state index in [9.17, 15) is 9.59 Å². The Hall–Kier alpha value is -3.64. The maximum Gasteiger partial charge on any atom is 0.262 e. The summed E-state index contributed by atoms with van der Waals surface area (Å²) < 4.78 is 3.50. The van der Waals surface area contributed by atoms with Crippen molar-refractivity contribution in [3.05, 3.63) is 64.4 Å². The van der Waals surface area contributed by atoms with E-state index in [2.05, 4.69) is 35.4 Å². The van der Waals surface area contributed by atoms with Gasteiger partial charge in [0.05, 0.1) is 28.3 Å². The van der Waals surface area contributed by atoms with Crippen LogP contribution in [0.4, 0.5) is 5.69 Å². The lowest BCUT2D eigenvalue weighted by atomic mass is 10.1. The Kier molecular flexibility index (Phi) is 6.23. The number of benzene rings is 2. The fourth-order valence-corrected chi connectivity index (χ4v) is 4.15. The molecular weight excluding hydrogens is 424 g/mol. The van der Waals surface area contributed by atoms with Gasteiger partial charge in [-0.25, -0.2) is 0 Å². The average molecular weight is 447 g/mol. The maximum absolute atomic E-state index is 13.1. The fourth-order valence-electron chi connectivity index (χ4n) is 3.41. The first-order chi connectivity index (χ1) is 15.5. The number of amides is 1. The summed E-state index contributed by atoms with van der Waals surface area (Å²) in [7, 11) is 0. The van der Waals surface area contributed by atoms with E-state index in [0.29, 0.717) is 45.6 Å². The van der Waals surface area contributed by atoms with Gasteiger partial charge in [0.2, 0.25) is 11.7 Å². The Bertz CT molecular complexity index is 1400. The highest BCUT2D eigenvalue weighted by Gasteiger charge is 2.17. The zero-order chi connectivity index (χ0) is 22.7. The van der Waals surface area contributed by atoms with Gasteiger partial charge in [0.1, 0.15) is 0 Å². The van der Waals surface area contributed by atoms with Gasteiger partial charge in [-0.1, -0.05) is 43.8 Å². The summed E-state index contributed by atoms with van der Waals surface area (Å²) in [6, 6.07) is 16.2. The summed E-state index contributed by atoms with van der Waals surface area (Å²) in [6.45, 7) is 4.77. The summed E-state index contributed by atoms with van der Waals surface area (Å²) in [5, 5.41) is 21.5. The van der Waals surface area contributed by atoms with Crippen LogP contribution in [0.1, 0.15) is 25.8 Å². The first-order valence-corrected chi connectivity index (χ1v) is 11.3. The van der Waals surface area contributed by atoms with Gasteiger partial charge < -0.3 is 5.32 Å². The molecule has 0 aliphatic heterocycles. The second kappa shape index (κ2) is 9.24. The van der Waals surface area contributed by atoms with Crippen LogP contribution in [0.3, 0.4) is 0 Å². The zero-order valence-corrected chi connectivity index (χ0v) is 18.6. The quantitative estimate of drug-likeness (QED) is 0.434. The van der Waals surface area contributed by atoms with Crippen molar-refractivity contribution in [3.63, 3.8) is 0 Å². The van der Waals surface area contributed by atoms with Crippen LogP contribution in [-0.4, -0.2) is 30.8 Å². The monoisotopic (exact) mass is 446 g/mol. The number of carbonyl (C=O) groups excluding carboxylic acids is 1. The summed E-state index contributed by atoms with van der Waals surface area (Å²) >= 11 is 1.24. The SMILES string of the molecule is CC(C)CCn1c(=O)c2ccccc2n2c(SCC(=O)Nc3cccc(C#N)c3)nnc12. The van der Waals surface area contributed by atoms with E-state index in [1.165, 1.54) is 11.8 Å². The number of rotatable bonds is 7. The van der Waals surface area contributed by atoms with Crippen LogP contribution in [0.15, 0.2) is 58.5 Å². The number of thioether (sulfide) groups is 1. The number of aromatic nitrogens is 4. The lowest BCUT2D eigenvalue weighted by molar-refractivity contribution is -0.113. The second-order valence-corrected chi connectivity index (χ2v) is 8.75. The van der Waals surface area contributed by atoms with Gasteiger partial charge in [-0.05, 0) is 42.7 Å². The predicted octanol–water partition coefficient (Wildman–Crippen LogP) is 3.69. The number of anilines is 1. The molecule has 0 saturated carbocycles. The molecule has 2 heterocycles. The fraction of sp³-hybridized carbons (Fsp3) is 0.261. The molecule has 0 radical (unpaired) electrons. The molecule has 0 aliphatic carbocycles. The number of nitrogens with zero attached hydrogens (tertiary/aromatic N) is 5. The van der Waals surface area contributed by atoms with Crippen LogP contribution < -0.4 is 10.9 Å². The Morgan fingerprint density at radius 2 is 2.00 bits per heavy atom. The lowest BCUT2D eigenvalue weighted by Gasteiger charge is -2.12. The summed E-state index contributed by atoms with van der Waals surface area (Å²) in [4.78, 5) is 25.6. The predicted molar refractivity (Wildman–Crippen MR) is 125 cm³/mol. The van der Waals surface area contributed by atoms with Crippen molar-refractivity contribution in [1.82, 2.24) is 19.2 Å². The highest BCUT2D eigenvalue weighted by molar-refractivity contribution is 7.99. The Labute approximate surface area is 188 Å². The van der Waals surface area contributed by atoms with E-state index in [-0.39, 0.29) is 17.2 Å². The minimum Gasteiger partial charge on any atom is -0.325 e. The number of carbonyl (C=O) groups is 1. The second-order valence-electron chi connectivity index (χ2n) is 7.80. The van der Waals surface area contributed by atoms with E-state index < -0.39 is 0 Å². The first kappa shape index (κ1) is 21.6. The highest BCUT2D eigenvalue weighted by atomic mass is 32.2. The van der Waals surface area contributed by atoms with Crippen LogP contribution in [0, 0.1) is 17.2 Å². The summed E-state index contributed by atoms with van der Waals surface area (Å²) in [6.07, 6.45) is 0.841. The van der Waals surface area contributed by atoms with Crippen molar-refractivity contribution in [2.24, 2.45) is 5.92 Å². The summed E-state index contributed by atoms with van der Waals surface area (Å²) in [5.74, 6) is 0.795. The van der Waals surface area contributed by atoms with Gasteiger partial charge in [0, 0.05) is 12.2 Å². The highest BCUT2D eigenvalue weighted by Crippen LogP contribution is 2.22. The van der Waals surface area contributed by atoms with Crippen LogP contribution in [0.25, 0.3) is 16.7 Å². The number of fused-ring (bicyclic) bond motifs is 3. The molecule has 0 spiro atoms. The van der Waals surface area contributed by atoms with E-state index in [1.54, 1.807) is 34.9 Å². The minimum atomic E-state index is -0.223. The van der Waals surface area contributed by atoms with Crippen molar-refractivity contribution >= 4 is 40.0 Å². The van der Waals surface area contributed by atoms with Crippen molar-refractivity contribution < 1.29 is 4.79 Å². The molecule has 0 unspecified atom stereocenters. The molecule has 0 fully saturated rings. The van der Waals surface area contributed by atoms with Gasteiger partial charge in [0.15, 0.2) is 5.16 Å². The third-order valence-corrected chi connectivity index (χ3v) is 5.95. The number of para-hydroxylation sites is 1. The van der Waals surface area contributed by atoms with Crippen LogP contribution in [0.2, 0.25) is 0 Å². The molecule has 0 atom stereocenters. The topological polar surface area (TPSA) is 105 Å². The van der Waals surface area contributed by atoms with Gasteiger partial charge in [-0.15, -0.1) is 10.2 Å². The number of hydrogen-bond donors (Lipinski definition) is 1. The Morgan fingerprint density at radius 1 is 1.19 bits per heavy atom. The molecule has 1 amide bonds. The van der Waals surface area contributed by atoms with Crippen LogP contribution >= 0.6 is 11.8 Å². The third kappa shape index (κ3) is 4.36. The van der Waals surface area contributed by atoms with Gasteiger partial charge in [-0.2, -0.15) is 5.26 Å². The average Bonchev–Trinajstić information content (AvgIpc) is 3.21. The molecule has 8 nitrogen and oxygen atoms in total. The number of nitrogens with one attached hydrogen (secondary N) is 1. The number of nitriles is 1. The van der Waals surface area contributed by atoms with E-state index in [1.807, 2.05) is 22.6 Å². The van der Waals surface area contributed by atoms with E-state index >= 15 is 0 Å². The molecule has 0 saturated heterocycles. The molecular formula is C23H22N6O2S. The standard InChI is InChI=1S/C23H22N6O2S/c1-15(2)10-11-28-21(31)18-8-3-4-9-19(18)29-22(28)26-27-23(29)32-14-20(30)25-17-7-5-6-16(12-17)13-24/h3-9,12,15H,10-11,14H2,1-2H3,(H,25,30). The maximum atomic E-state index is 13.1. The third-order valence-electron chi connectivity index (χ3n) is 5.02. The molecule has 32 heavy (non-hydrogen) atoms. The molecule has 0 bridgehead atoms. The molecule has 4 rings (SSSR count). The zero-order valence-electron chi connectivity index (χ0n) is 17.8. The van der Waals surface area contributed by atoms with Gasteiger partial charge in [-0.3, -0.25) is 18.6 Å². The van der Waals surface area contributed by atoms with Crippen molar-refractivity contribution in [2.75, 3.05) is 11.1 Å². The minimum absolute atomic E-state index is 0.0900. The smallest absolute Gasteiger partial charge is 0.262 e. The van der Waals surface area contributed by atoms with Crippen LogP contribution in [-0.2, 0) is 11.3 Å². The number of aryl methyl sites for hydroxylation is 1. The molecule has 4 aromatic rings. The molecule has 0 aliphatic rings. The molecule has 162 valence electrons. The van der Waals surface area contributed by atoms with Gasteiger partial charge in [0.25, 0.3) is 5.56 Å². The Morgan fingerprint density at radius 3 is 2.78 bits per heavy atom. The molecule has 1 N–H and O–H groups in total. The van der Waals surface area contributed by atoms with E-state index in [4.69, 9.17) is 5.26 Å². The van der Waals surface area contributed by atoms with Crippen molar-refractivity contribution in [2.45, 2.75) is 32.0 Å². The lowest BCUT2D eigenvalue weighted by Crippen LogP contribution is -2.24. The van der Waals surface area contributed by atoms with E-state index in [0.717, 1.165) is 6.42 Å². The number of hydrogen-bond acceptors (Lipinski definition) is 6. The van der Waals surface area contributed by atoms with Crippen molar-refractivity contribution in [3.8, 4) is 6.07 Å². The largest absolute Gasteiger partial charge is 0.325 e. The summed E-state index contributed by atoms with van der Waals surface area (Å²) in [5.41, 5.74) is 1.66. The first-order valence-electron chi connectivity index (χ1n) is 10.3. The Balaban J connectivity index is 1.64. The van der Waals surface area contributed by atoms with Crippen molar-refractivity contribution in [1.29, 1.82) is 5.26 Å². The van der Waals surface area contributed by atoms with Gasteiger partial charge >= 0.3 is 0 Å². The normalized spacial score (nSPS) is 11.2. The molecule has 9 heteroatoms. The van der Waals surface area contributed by atoms with Crippen LogP contribution in [0.5, 0.6) is 0 Å². The molecule has 2 aromatic heterocycles. The molecule has 2 aromatic carbocycles.